The van der Waals surface area contributed by atoms with E-state index in [1.165, 1.54) is 0 Å². The molecule has 0 saturated carbocycles. The maximum absolute atomic E-state index is 12.4. The summed E-state index contributed by atoms with van der Waals surface area (Å²) in [6, 6.07) is 6.01. The van der Waals surface area contributed by atoms with E-state index in [1.54, 1.807) is 11.3 Å². The lowest BCUT2D eigenvalue weighted by atomic mass is 10.1. The van der Waals surface area contributed by atoms with Gasteiger partial charge in [-0.1, -0.05) is 18.2 Å². The van der Waals surface area contributed by atoms with Crippen molar-refractivity contribution in [3.8, 4) is 5.75 Å². The number of aryl methyl sites for hydroxylation is 3. The molecule has 0 spiro atoms. The maximum Gasteiger partial charge on any atom is 0.260 e. The molecule has 1 aliphatic heterocycles. The van der Waals surface area contributed by atoms with Crippen molar-refractivity contribution in [3.05, 3.63) is 45.4 Å². The maximum atomic E-state index is 12.4. The minimum atomic E-state index is 0.0619. The third kappa shape index (κ3) is 4.58. The predicted molar refractivity (Wildman–Crippen MR) is 100 cm³/mol. The van der Waals surface area contributed by atoms with Gasteiger partial charge < -0.3 is 9.64 Å². The van der Waals surface area contributed by atoms with Crippen LogP contribution in [0.15, 0.2) is 23.6 Å². The van der Waals surface area contributed by atoms with Crippen LogP contribution in [0.1, 0.15) is 21.8 Å². The van der Waals surface area contributed by atoms with Gasteiger partial charge in [-0.15, -0.1) is 11.3 Å². The molecular weight excluding hydrogens is 334 g/mol. The lowest BCUT2D eigenvalue weighted by molar-refractivity contribution is -0.135. The molecule has 1 fully saturated rings. The van der Waals surface area contributed by atoms with Crippen LogP contribution in [-0.2, 0) is 11.3 Å². The fourth-order valence-electron chi connectivity index (χ4n) is 3.12. The number of amides is 1. The highest BCUT2D eigenvalue weighted by molar-refractivity contribution is 7.09. The number of carbonyl (C=O) groups is 1. The minimum Gasteiger partial charge on any atom is -0.483 e. The fourth-order valence-corrected chi connectivity index (χ4v) is 3.72. The number of hydrogen-bond acceptors (Lipinski definition) is 5. The van der Waals surface area contributed by atoms with E-state index in [1.807, 2.05) is 43.9 Å². The van der Waals surface area contributed by atoms with Gasteiger partial charge in [-0.3, -0.25) is 9.69 Å². The number of para-hydroxylation sites is 1. The van der Waals surface area contributed by atoms with Gasteiger partial charge >= 0.3 is 0 Å². The summed E-state index contributed by atoms with van der Waals surface area (Å²) < 4.78 is 5.79. The van der Waals surface area contributed by atoms with Gasteiger partial charge in [0, 0.05) is 38.1 Å². The van der Waals surface area contributed by atoms with Crippen molar-refractivity contribution in [2.45, 2.75) is 27.3 Å². The molecule has 2 aromatic rings. The Hall–Kier alpha value is -1.92. The summed E-state index contributed by atoms with van der Waals surface area (Å²) in [5.41, 5.74) is 3.26. The molecule has 0 bridgehead atoms. The van der Waals surface area contributed by atoms with Crippen LogP contribution in [-0.4, -0.2) is 53.5 Å². The van der Waals surface area contributed by atoms with E-state index in [0.29, 0.717) is 0 Å². The van der Waals surface area contributed by atoms with Crippen molar-refractivity contribution in [1.29, 1.82) is 0 Å². The zero-order valence-corrected chi connectivity index (χ0v) is 15.9. The Kier molecular flexibility index (Phi) is 5.71. The average Bonchev–Trinajstić information content (AvgIpc) is 3.00. The van der Waals surface area contributed by atoms with Gasteiger partial charge in [0.05, 0.1) is 10.7 Å². The third-order valence-corrected chi connectivity index (χ3v) is 5.35. The first kappa shape index (κ1) is 17.9. The van der Waals surface area contributed by atoms with E-state index in [9.17, 15) is 4.79 Å². The number of rotatable bonds is 5. The van der Waals surface area contributed by atoms with Gasteiger partial charge in [-0.2, -0.15) is 0 Å². The number of thiazole rings is 1. The fraction of sp³-hybridized carbons (Fsp3) is 0.474. The second-order valence-corrected chi connectivity index (χ2v) is 7.59. The van der Waals surface area contributed by atoms with Crippen molar-refractivity contribution >= 4 is 17.2 Å². The molecule has 1 saturated heterocycles. The Morgan fingerprint density at radius 1 is 1.16 bits per heavy atom. The molecule has 1 aliphatic rings. The zero-order chi connectivity index (χ0) is 17.8. The Balaban J connectivity index is 1.47. The summed E-state index contributed by atoms with van der Waals surface area (Å²) in [5, 5.41) is 3.22. The van der Waals surface area contributed by atoms with Crippen molar-refractivity contribution in [2.75, 3.05) is 32.8 Å². The zero-order valence-electron chi connectivity index (χ0n) is 15.1. The van der Waals surface area contributed by atoms with Gasteiger partial charge in [-0.25, -0.2) is 4.98 Å². The quantitative estimate of drug-likeness (QED) is 0.824. The van der Waals surface area contributed by atoms with E-state index < -0.39 is 0 Å². The van der Waals surface area contributed by atoms with E-state index in [-0.39, 0.29) is 12.5 Å². The van der Waals surface area contributed by atoms with Gasteiger partial charge in [-0.05, 0) is 31.9 Å². The van der Waals surface area contributed by atoms with Crippen LogP contribution in [0, 0.1) is 20.8 Å². The topological polar surface area (TPSA) is 45.7 Å². The van der Waals surface area contributed by atoms with Crippen LogP contribution in [0.5, 0.6) is 5.75 Å². The highest BCUT2D eigenvalue weighted by Gasteiger charge is 2.22. The average molecular weight is 359 g/mol. The molecule has 0 atom stereocenters. The number of hydrogen-bond donors (Lipinski definition) is 0. The Labute approximate surface area is 153 Å². The molecule has 3 rings (SSSR count). The smallest absolute Gasteiger partial charge is 0.260 e. The van der Waals surface area contributed by atoms with Crippen LogP contribution >= 0.6 is 11.3 Å². The van der Waals surface area contributed by atoms with E-state index in [4.69, 9.17) is 4.74 Å². The molecule has 0 unspecified atom stereocenters. The van der Waals surface area contributed by atoms with Crippen LogP contribution in [0.3, 0.4) is 0 Å². The highest BCUT2D eigenvalue weighted by atomic mass is 32.1. The first-order valence-corrected chi connectivity index (χ1v) is 9.51. The summed E-state index contributed by atoms with van der Waals surface area (Å²) in [5.74, 6) is 0.889. The Morgan fingerprint density at radius 2 is 1.84 bits per heavy atom. The summed E-state index contributed by atoms with van der Waals surface area (Å²) in [6.45, 7) is 10.3. The van der Waals surface area contributed by atoms with Gasteiger partial charge in [0.15, 0.2) is 6.61 Å². The molecule has 1 aromatic heterocycles. The van der Waals surface area contributed by atoms with Crippen molar-refractivity contribution in [1.82, 2.24) is 14.8 Å². The summed E-state index contributed by atoms with van der Waals surface area (Å²) in [4.78, 5) is 21.2. The Bertz CT molecular complexity index is 716. The summed E-state index contributed by atoms with van der Waals surface area (Å²) >= 11 is 1.69. The molecular formula is C19H25N3O2S. The predicted octanol–water partition coefficient (Wildman–Crippen LogP) is 2.79. The third-order valence-electron chi connectivity index (χ3n) is 4.53. The molecule has 2 heterocycles. The first-order chi connectivity index (χ1) is 12.0. The number of ether oxygens (including phenoxy) is 1. The molecule has 6 heteroatoms. The number of carbonyl (C=O) groups excluding carboxylic acids is 1. The standard InChI is InChI=1S/C19H25N3O2S/c1-14-5-4-6-15(2)19(14)24-12-18(23)22-9-7-21(8-10-22)11-17-13-25-16(3)20-17/h4-6,13H,7-12H2,1-3H3. The minimum absolute atomic E-state index is 0.0619. The van der Waals surface area contributed by atoms with Gasteiger partial charge in [0.1, 0.15) is 5.75 Å². The lowest BCUT2D eigenvalue weighted by Gasteiger charge is -2.34. The molecule has 0 aliphatic carbocycles. The molecule has 0 N–H and O–H groups in total. The van der Waals surface area contributed by atoms with Crippen LogP contribution in [0.2, 0.25) is 0 Å². The summed E-state index contributed by atoms with van der Waals surface area (Å²) in [7, 11) is 0. The second-order valence-electron chi connectivity index (χ2n) is 6.52. The van der Waals surface area contributed by atoms with E-state index in [2.05, 4.69) is 15.3 Å². The van der Waals surface area contributed by atoms with E-state index >= 15 is 0 Å². The Morgan fingerprint density at radius 3 is 2.44 bits per heavy atom. The van der Waals surface area contributed by atoms with Gasteiger partial charge in [0.25, 0.3) is 5.91 Å². The number of benzene rings is 1. The van der Waals surface area contributed by atoms with Crippen LogP contribution in [0.4, 0.5) is 0 Å². The molecule has 5 nitrogen and oxygen atoms in total. The lowest BCUT2D eigenvalue weighted by Crippen LogP contribution is -2.49. The van der Waals surface area contributed by atoms with Crippen LogP contribution < -0.4 is 4.74 Å². The molecule has 1 amide bonds. The largest absolute Gasteiger partial charge is 0.483 e. The van der Waals surface area contributed by atoms with Gasteiger partial charge in [0.2, 0.25) is 0 Å². The molecule has 1 aromatic carbocycles. The highest BCUT2D eigenvalue weighted by Crippen LogP contribution is 2.22. The van der Waals surface area contributed by atoms with Crippen molar-refractivity contribution < 1.29 is 9.53 Å². The number of piperazine rings is 1. The second kappa shape index (κ2) is 7.97. The van der Waals surface area contributed by atoms with Crippen molar-refractivity contribution in [2.24, 2.45) is 0 Å². The van der Waals surface area contributed by atoms with Crippen molar-refractivity contribution in [3.63, 3.8) is 0 Å². The van der Waals surface area contributed by atoms with Crippen LogP contribution in [0.25, 0.3) is 0 Å². The number of aromatic nitrogens is 1. The molecule has 0 radical (unpaired) electrons. The normalized spacial score (nSPS) is 15.4. The monoisotopic (exact) mass is 359 g/mol. The number of nitrogens with zero attached hydrogens (tertiary/aromatic N) is 3. The SMILES string of the molecule is Cc1nc(CN2CCN(C(=O)COc3c(C)cccc3C)CC2)cs1. The first-order valence-electron chi connectivity index (χ1n) is 8.63. The summed E-state index contributed by atoms with van der Waals surface area (Å²) in [6.07, 6.45) is 0. The molecule has 134 valence electrons. The van der Waals surface area contributed by atoms with E-state index in [0.717, 1.165) is 60.3 Å². The molecule has 25 heavy (non-hydrogen) atoms.